The fourth-order valence-electron chi connectivity index (χ4n) is 3.02. The lowest BCUT2D eigenvalue weighted by Crippen LogP contribution is -1.77. The Kier molecular flexibility index (Phi) is 0.805. The van der Waals surface area contributed by atoms with Gasteiger partial charge in [-0.15, -0.1) is 0 Å². The minimum absolute atomic E-state index is 1.09. The molecule has 0 bridgehead atoms. The number of hydrogen-bond acceptors (Lipinski definition) is 0. The van der Waals surface area contributed by atoms with Crippen LogP contribution in [0.1, 0.15) is 26.2 Å². The molecule has 3 aliphatic carbocycles. The van der Waals surface area contributed by atoms with Gasteiger partial charge in [0.15, 0.2) is 0 Å². The molecule has 0 N–H and O–H groups in total. The van der Waals surface area contributed by atoms with Crippen molar-refractivity contribution >= 4 is 0 Å². The van der Waals surface area contributed by atoms with Crippen LogP contribution in [0.15, 0.2) is 11.6 Å². The molecule has 4 atom stereocenters. The molecule has 0 heteroatoms. The monoisotopic (exact) mass is 134 g/mol. The van der Waals surface area contributed by atoms with Crippen LogP contribution in [-0.2, 0) is 0 Å². The summed E-state index contributed by atoms with van der Waals surface area (Å²) in [5, 5.41) is 0. The zero-order valence-corrected chi connectivity index (χ0v) is 6.51. The summed E-state index contributed by atoms with van der Waals surface area (Å²) in [5.41, 5.74) is 1.83. The lowest BCUT2D eigenvalue weighted by molar-refractivity contribution is 0.697. The van der Waals surface area contributed by atoms with Crippen LogP contribution in [0.5, 0.6) is 0 Å². The SMILES string of the molecule is CC/C=C1/C2C[C@@H]3CC3C12. The Morgan fingerprint density at radius 1 is 1.50 bits per heavy atom. The Morgan fingerprint density at radius 3 is 3.00 bits per heavy atom. The van der Waals surface area contributed by atoms with Gasteiger partial charge in [-0.2, -0.15) is 0 Å². The largest absolute Gasteiger partial charge is 0.0850 e. The minimum atomic E-state index is 1.09. The molecule has 0 aromatic carbocycles. The second kappa shape index (κ2) is 1.49. The maximum Gasteiger partial charge on any atom is -0.0103 e. The summed E-state index contributed by atoms with van der Waals surface area (Å²) < 4.78 is 0. The van der Waals surface area contributed by atoms with Gasteiger partial charge in [0.2, 0.25) is 0 Å². The molecule has 10 heavy (non-hydrogen) atoms. The molecule has 0 aromatic heterocycles. The number of fused-ring (bicyclic) bond motifs is 3. The second-order valence-corrected chi connectivity index (χ2v) is 4.14. The summed E-state index contributed by atoms with van der Waals surface area (Å²) in [5.74, 6) is 4.54. The molecular formula is C10H14. The number of hydrogen-bond donors (Lipinski definition) is 0. The van der Waals surface area contributed by atoms with Gasteiger partial charge >= 0.3 is 0 Å². The van der Waals surface area contributed by atoms with E-state index in [1.807, 2.05) is 5.57 Å². The number of allylic oxidation sites excluding steroid dienone is 2. The molecule has 0 saturated heterocycles. The van der Waals surface area contributed by atoms with E-state index in [1.165, 1.54) is 18.3 Å². The Hall–Kier alpha value is -0.260. The summed E-state index contributed by atoms with van der Waals surface area (Å²) in [4.78, 5) is 0. The van der Waals surface area contributed by atoms with Gasteiger partial charge in [0, 0.05) is 0 Å². The third-order valence-corrected chi connectivity index (χ3v) is 3.57. The van der Waals surface area contributed by atoms with Gasteiger partial charge in [-0.25, -0.2) is 0 Å². The van der Waals surface area contributed by atoms with E-state index in [2.05, 4.69) is 13.0 Å². The Balaban J connectivity index is 1.81. The Morgan fingerprint density at radius 2 is 2.40 bits per heavy atom. The topological polar surface area (TPSA) is 0 Å². The summed E-state index contributed by atoms with van der Waals surface area (Å²) in [6.45, 7) is 2.26. The highest BCUT2D eigenvalue weighted by Crippen LogP contribution is 2.72. The van der Waals surface area contributed by atoms with Crippen molar-refractivity contribution in [3.63, 3.8) is 0 Å². The molecule has 3 rings (SSSR count). The minimum Gasteiger partial charge on any atom is -0.0850 e. The summed E-state index contributed by atoms with van der Waals surface area (Å²) in [6, 6.07) is 0. The molecule has 3 unspecified atom stereocenters. The van der Waals surface area contributed by atoms with Crippen LogP contribution in [0, 0.1) is 23.7 Å². The highest BCUT2D eigenvalue weighted by Gasteiger charge is 2.64. The Labute approximate surface area is 62.3 Å². The molecule has 54 valence electrons. The van der Waals surface area contributed by atoms with Crippen molar-refractivity contribution in [2.45, 2.75) is 26.2 Å². The van der Waals surface area contributed by atoms with Crippen LogP contribution in [0.4, 0.5) is 0 Å². The molecule has 0 nitrogen and oxygen atoms in total. The molecule has 3 fully saturated rings. The fraction of sp³-hybridized carbons (Fsp3) is 0.800. The molecule has 0 aromatic rings. The third-order valence-electron chi connectivity index (χ3n) is 3.57. The van der Waals surface area contributed by atoms with Gasteiger partial charge in [-0.3, -0.25) is 0 Å². The van der Waals surface area contributed by atoms with Crippen molar-refractivity contribution < 1.29 is 0 Å². The summed E-state index contributed by atoms with van der Waals surface area (Å²) in [6.07, 6.45) is 6.87. The molecule has 0 heterocycles. The second-order valence-electron chi connectivity index (χ2n) is 4.14. The van der Waals surface area contributed by atoms with Crippen molar-refractivity contribution in [2.24, 2.45) is 23.7 Å². The van der Waals surface area contributed by atoms with Gasteiger partial charge in [-0.1, -0.05) is 18.6 Å². The van der Waals surface area contributed by atoms with Crippen molar-refractivity contribution in [1.29, 1.82) is 0 Å². The van der Waals surface area contributed by atoms with Gasteiger partial charge in [0.05, 0.1) is 0 Å². The van der Waals surface area contributed by atoms with E-state index in [4.69, 9.17) is 0 Å². The van der Waals surface area contributed by atoms with Gasteiger partial charge in [0.1, 0.15) is 0 Å². The van der Waals surface area contributed by atoms with E-state index in [1.54, 1.807) is 12.8 Å². The zero-order chi connectivity index (χ0) is 6.72. The van der Waals surface area contributed by atoms with Crippen LogP contribution in [0.25, 0.3) is 0 Å². The van der Waals surface area contributed by atoms with Crippen molar-refractivity contribution in [2.75, 3.05) is 0 Å². The first-order chi connectivity index (χ1) is 4.92. The van der Waals surface area contributed by atoms with E-state index < -0.39 is 0 Å². The third kappa shape index (κ3) is 0.492. The van der Waals surface area contributed by atoms with E-state index in [0.29, 0.717) is 0 Å². The molecule has 3 saturated carbocycles. The highest BCUT2D eigenvalue weighted by molar-refractivity contribution is 5.37. The average molecular weight is 134 g/mol. The lowest BCUT2D eigenvalue weighted by Gasteiger charge is -1.88. The lowest BCUT2D eigenvalue weighted by atomic mass is 10.2. The van der Waals surface area contributed by atoms with Crippen molar-refractivity contribution in [1.82, 2.24) is 0 Å². The molecular weight excluding hydrogens is 120 g/mol. The van der Waals surface area contributed by atoms with E-state index >= 15 is 0 Å². The van der Waals surface area contributed by atoms with Crippen LogP contribution in [0.2, 0.25) is 0 Å². The first-order valence-electron chi connectivity index (χ1n) is 4.61. The quantitative estimate of drug-likeness (QED) is 0.483. The molecule has 3 aliphatic rings. The Bertz CT molecular complexity index is 202. The van der Waals surface area contributed by atoms with E-state index in [0.717, 1.165) is 11.8 Å². The normalized spacial score (nSPS) is 58.3. The standard InChI is InChI=1S/C10H14/c1-2-3-7-9-5-6-4-8(6)10(7)9/h3,6,8-10H,2,4-5H2,1H3/b7-3-/t6-,8?,9?,10?/m0/s1. The molecule has 0 spiro atoms. The highest BCUT2D eigenvalue weighted by atomic mass is 14.7. The molecule has 0 radical (unpaired) electrons. The zero-order valence-electron chi connectivity index (χ0n) is 6.51. The van der Waals surface area contributed by atoms with Gasteiger partial charge in [-0.05, 0) is 42.9 Å². The van der Waals surface area contributed by atoms with Crippen LogP contribution >= 0.6 is 0 Å². The molecule has 0 amide bonds. The predicted molar refractivity (Wildman–Crippen MR) is 41.6 cm³/mol. The van der Waals surface area contributed by atoms with Crippen molar-refractivity contribution in [3.8, 4) is 0 Å². The fourth-order valence-corrected chi connectivity index (χ4v) is 3.02. The predicted octanol–water partition coefficient (Wildman–Crippen LogP) is 2.61. The van der Waals surface area contributed by atoms with Gasteiger partial charge in [0.25, 0.3) is 0 Å². The molecule has 0 aliphatic heterocycles. The first-order valence-corrected chi connectivity index (χ1v) is 4.61. The van der Waals surface area contributed by atoms with E-state index in [9.17, 15) is 0 Å². The summed E-state index contributed by atoms with van der Waals surface area (Å²) >= 11 is 0. The van der Waals surface area contributed by atoms with Gasteiger partial charge < -0.3 is 0 Å². The maximum atomic E-state index is 2.48. The summed E-state index contributed by atoms with van der Waals surface area (Å²) in [7, 11) is 0. The smallest absolute Gasteiger partial charge is 0.0103 e. The van der Waals surface area contributed by atoms with Crippen molar-refractivity contribution in [3.05, 3.63) is 11.6 Å². The first kappa shape index (κ1) is 5.40. The average Bonchev–Trinajstić information content (AvgIpc) is 2.78. The number of rotatable bonds is 1. The maximum absolute atomic E-state index is 2.48. The van der Waals surface area contributed by atoms with E-state index in [-0.39, 0.29) is 0 Å². The van der Waals surface area contributed by atoms with Crippen LogP contribution < -0.4 is 0 Å². The van der Waals surface area contributed by atoms with Crippen LogP contribution in [-0.4, -0.2) is 0 Å². The van der Waals surface area contributed by atoms with Crippen LogP contribution in [0.3, 0.4) is 0 Å².